The highest BCUT2D eigenvalue weighted by atomic mass is 19.4. The Morgan fingerprint density at radius 1 is 1.00 bits per heavy atom. The van der Waals surface area contributed by atoms with Crippen molar-refractivity contribution >= 4 is 16.7 Å². The summed E-state index contributed by atoms with van der Waals surface area (Å²) in [5.41, 5.74) is 4.45. The summed E-state index contributed by atoms with van der Waals surface area (Å²) in [6.45, 7) is 5.91. The van der Waals surface area contributed by atoms with Gasteiger partial charge in [-0.2, -0.15) is 18.3 Å². The van der Waals surface area contributed by atoms with Gasteiger partial charge < -0.3 is 10.2 Å². The number of H-pyrrole nitrogens is 1. The molecule has 0 atom stereocenters. The number of nitrogens with one attached hydrogen (secondary N) is 2. The molecule has 0 unspecified atom stereocenters. The molecule has 4 aromatic rings. The van der Waals surface area contributed by atoms with Crippen molar-refractivity contribution in [3.05, 3.63) is 88.2 Å². The molecule has 0 aliphatic carbocycles. The number of fused-ring (bicyclic) bond motifs is 1. The van der Waals surface area contributed by atoms with E-state index in [1.54, 1.807) is 24.5 Å². The van der Waals surface area contributed by atoms with Crippen LogP contribution in [0.15, 0.2) is 54.9 Å². The Kier molecular flexibility index (Phi) is 7.36. The maximum atomic E-state index is 13.9. The monoisotopic (exact) mass is 518 g/mol. The molecule has 2 N–H and O–H groups in total. The van der Waals surface area contributed by atoms with Crippen LogP contribution < -0.4 is 5.32 Å². The van der Waals surface area contributed by atoms with Gasteiger partial charge in [-0.3, -0.25) is 10.00 Å². The number of nitrogens with zero attached hydrogens (tertiary/aromatic N) is 4. The molecule has 0 radical (unpaired) electrons. The normalized spacial score (nSPS) is 14.9. The Hall–Kier alpha value is -3.87. The van der Waals surface area contributed by atoms with Crippen molar-refractivity contribution in [1.82, 2.24) is 25.0 Å². The van der Waals surface area contributed by atoms with Crippen LogP contribution in [-0.2, 0) is 19.3 Å². The molecule has 0 saturated carbocycles. The summed E-state index contributed by atoms with van der Waals surface area (Å²) in [4.78, 5) is 8.57. The molecule has 0 amide bonds. The van der Waals surface area contributed by atoms with Crippen LogP contribution in [0.25, 0.3) is 11.0 Å². The number of likely N-dealkylation sites (N-methyl/N-ethyl adjacent to an activating group) is 1. The molecule has 3 heterocycles. The fourth-order valence-corrected chi connectivity index (χ4v) is 4.50. The molecule has 1 aliphatic rings. The second-order valence-corrected chi connectivity index (χ2v) is 9.73. The van der Waals surface area contributed by atoms with Crippen molar-refractivity contribution in [1.29, 1.82) is 0 Å². The van der Waals surface area contributed by atoms with Gasteiger partial charge in [0, 0.05) is 67.7 Å². The third-order valence-corrected chi connectivity index (χ3v) is 6.84. The zero-order valence-corrected chi connectivity index (χ0v) is 21.4. The third kappa shape index (κ3) is 6.15. The summed E-state index contributed by atoms with van der Waals surface area (Å²) >= 11 is 0. The van der Waals surface area contributed by atoms with Gasteiger partial charge in [-0.25, -0.2) is 4.98 Å². The number of alkyl halides is 3. The van der Waals surface area contributed by atoms with E-state index in [0.717, 1.165) is 53.8 Å². The van der Waals surface area contributed by atoms with Crippen LogP contribution in [0, 0.1) is 18.8 Å². The number of aromatic nitrogens is 3. The summed E-state index contributed by atoms with van der Waals surface area (Å²) in [5, 5.41) is 10.8. The Morgan fingerprint density at radius 2 is 1.82 bits per heavy atom. The van der Waals surface area contributed by atoms with Crippen LogP contribution in [0.4, 0.5) is 18.9 Å². The smallest absolute Gasteiger partial charge is 0.381 e. The second-order valence-electron chi connectivity index (χ2n) is 9.73. The van der Waals surface area contributed by atoms with Crippen molar-refractivity contribution in [2.45, 2.75) is 26.2 Å². The number of rotatable bonds is 5. The molecule has 1 aliphatic heterocycles. The van der Waals surface area contributed by atoms with Gasteiger partial charge >= 0.3 is 6.18 Å². The van der Waals surface area contributed by atoms with Crippen molar-refractivity contribution in [3.63, 3.8) is 0 Å². The minimum Gasteiger partial charge on any atom is -0.381 e. The Labute approximate surface area is 219 Å². The molecule has 1 saturated heterocycles. The van der Waals surface area contributed by atoms with E-state index in [4.69, 9.17) is 0 Å². The first-order valence-corrected chi connectivity index (χ1v) is 12.5. The minimum absolute atomic E-state index is 0.298. The average Bonchev–Trinajstić information content (AvgIpc) is 3.37. The van der Waals surface area contributed by atoms with Crippen LogP contribution >= 0.6 is 0 Å². The number of hydrogen-bond acceptors (Lipinski definition) is 5. The van der Waals surface area contributed by atoms with Gasteiger partial charge in [0.2, 0.25) is 0 Å². The number of pyridine rings is 1. The molecule has 2 aromatic carbocycles. The Balaban J connectivity index is 1.29. The maximum absolute atomic E-state index is 13.9. The van der Waals surface area contributed by atoms with Gasteiger partial charge in [0.05, 0.1) is 11.8 Å². The van der Waals surface area contributed by atoms with Gasteiger partial charge in [-0.15, -0.1) is 0 Å². The zero-order chi connectivity index (χ0) is 26.7. The van der Waals surface area contributed by atoms with Gasteiger partial charge in [-0.1, -0.05) is 30.0 Å². The van der Waals surface area contributed by atoms with E-state index in [-0.39, 0.29) is 0 Å². The molecule has 6 nitrogen and oxygen atoms in total. The predicted molar refractivity (Wildman–Crippen MR) is 143 cm³/mol. The molecular formula is C29H29F3N6. The van der Waals surface area contributed by atoms with Crippen LogP contribution in [0.2, 0.25) is 0 Å². The van der Waals surface area contributed by atoms with Crippen LogP contribution in [0.3, 0.4) is 0 Å². The van der Waals surface area contributed by atoms with E-state index in [2.05, 4.69) is 42.1 Å². The first-order chi connectivity index (χ1) is 18.2. The maximum Gasteiger partial charge on any atom is 0.416 e. The minimum atomic E-state index is -4.42. The van der Waals surface area contributed by atoms with Crippen molar-refractivity contribution in [2.24, 2.45) is 0 Å². The highest BCUT2D eigenvalue weighted by Gasteiger charge is 2.34. The number of hydrogen-bond donors (Lipinski definition) is 2. The lowest BCUT2D eigenvalue weighted by Gasteiger charge is -2.33. The lowest BCUT2D eigenvalue weighted by molar-refractivity contribution is -0.138. The number of piperazine rings is 1. The molecule has 196 valence electrons. The fraction of sp³-hybridized carbons (Fsp3) is 0.310. The standard InChI is InChI=1S/C29H29F3N6/c1-20-3-4-21(13-23(20)6-5-22-14-25-18-35-36-28(25)34-17-22)16-33-26-8-7-24(27(15-26)29(30,31)32)19-38-11-9-37(2)10-12-38/h3-4,7-8,13-15,17-18,33H,9-12,16,19H2,1-2H3,(H,34,35,36). The largest absolute Gasteiger partial charge is 0.416 e. The van der Waals surface area contributed by atoms with Crippen LogP contribution in [-0.4, -0.2) is 58.2 Å². The third-order valence-electron chi connectivity index (χ3n) is 6.84. The van der Waals surface area contributed by atoms with Gasteiger partial charge in [0.25, 0.3) is 0 Å². The second kappa shape index (κ2) is 10.9. The first-order valence-electron chi connectivity index (χ1n) is 12.5. The molecular weight excluding hydrogens is 489 g/mol. The highest BCUT2D eigenvalue weighted by molar-refractivity contribution is 5.75. The molecule has 2 aromatic heterocycles. The molecule has 0 spiro atoms. The zero-order valence-electron chi connectivity index (χ0n) is 21.4. The van der Waals surface area contributed by atoms with Crippen molar-refractivity contribution in [2.75, 3.05) is 38.5 Å². The number of anilines is 1. The number of aromatic amines is 1. The van der Waals surface area contributed by atoms with E-state index < -0.39 is 11.7 Å². The van der Waals surface area contributed by atoms with Crippen molar-refractivity contribution in [3.8, 4) is 11.8 Å². The fourth-order valence-electron chi connectivity index (χ4n) is 4.50. The quantitative estimate of drug-likeness (QED) is 0.363. The Morgan fingerprint density at radius 3 is 2.61 bits per heavy atom. The van der Waals surface area contributed by atoms with E-state index in [9.17, 15) is 13.2 Å². The highest BCUT2D eigenvalue weighted by Crippen LogP contribution is 2.34. The number of halogens is 3. The topological polar surface area (TPSA) is 60.1 Å². The molecule has 9 heteroatoms. The number of aryl methyl sites for hydroxylation is 1. The van der Waals surface area contributed by atoms with Crippen molar-refractivity contribution < 1.29 is 13.2 Å². The first kappa shape index (κ1) is 25.8. The average molecular weight is 519 g/mol. The molecule has 1 fully saturated rings. The Bertz CT molecular complexity index is 1490. The lowest BCUT2D eigenvalue weighted by Crippen LogP contribution is -2.44. The van der Waals surface area contributed by atoms with Crippen LogP contribution in [0.5, 0.6) is 0 Å². The molecule has 0 bridgehead atoms. The van der Waals surface area contributed by atoms with E-state index >= 15 is 0 Å². The van der Waals surface area contributed by atoms with E-state index in [1.807, 2.05) is 38.2 Å². The van der Waals surface area contributed by atoms with Crippen LogP contribution in [0.1, 0.15) is 33.4 Å². The van der Waals surface area contributed by atoms with E-state index in [1.165, 1.54) is 6.07 Å². The van der Waals surface area contributed by atoms with Gasteiger partial charge in [0.1, 0.15) is 0 Å². The molecule has 38 heavy (non-hydrogen) atoms. The summed E-state index contributed by atoms with van der Waals surface area (Å²) in [7, 11) is 2.03. The predicted octanol–water partition coefficient (Wildman–Crippen LogP) is 5.04. The summed E-state index contributed by atoms with van der Waals surface area (Å²) < 4.78 is 41.8. The molecule has 5 rings (SSSR count). The summed E-state index contributed by atoms with van der Waals surface area (Å²) in [6, 6.07) is 12.4. The lowest BCUT2D eigenvalue weighted by atomic mass is 10.0. The van der Waals surface area contributed by atoms with E-state index in [0.29, 0.717) is 30.0 Å². The SMILES string of the molecule is Cc1ccc(CNc2ccc(CN3CCN(C)CC3)c(C(F)(F)F)c2)cc1C#Cc1cnc2[nH]ncc2c1. The summed E-state index contributed by atoms with van der Waals surface area (Å²) in [6.07, 6.45) is -1.02. The number of benzene rings is 2. The summed E-state index contributed by atoms with van der Waals surface area (Å²) in [5.74, 6) is 6.34. The van der Waals surface area contributed by atoms with Gasteiger partial charge in [0.15, 0.2) is 5.65 Å². The van der Waals surface area contributed by atoms with Gasteiger partial charge in [-0.05, 0) is 54.9 Å².